The van der Waals surface area contributed by atoms with E-state index in [0.717, 1.165) is 23.3 Å². The predicted octanol–water partition coefficient (Wildman–Crippen LogP) is 4.66. The third-order valence-electron chi connectivity index (χ3n) is 5.42. The van der Waals surface area contributed by atoms with Crippen molar-refractivity contribution in [2.24, 2.45) is 11.6 Å². The highest BCUT2D eigenvalue weighted by Crippen LogP contribution is 2.34. The lowest BCUT2D eigenvalue weighted by Gasteiger charge is -2.27. The van der Waals surface area contributed by atoms with E-state index in [1.807, 2.05) is 37.3 Å². The second-order valence-corrected chi connectivity index (χ2v) is 9.52. The Kier molecular flexibility index (Phi) is 11.3. The van der Waals surface area contributed by atoms with Crippen LogP contribution in [0.4, 0.5) is 3.89 Å². The first-order valence-electron chi connectivity index (χ1n) is 11.1. The molecule has 2 rings (SSSR count). The smallest absolute Gasteiger partial charge is 0.122 e. The zero-order valence-electron chi connectivity index (χ0n) is 20.0. The first kappa shape index (κ1) is 28.1. The number of benzene rings is 2. The van der Waals surface area contributed by atoms with Crippen LogP contribution < -0.4 is 21.1 Å². The highest BCUT2D eigenvalue weighted by atomic mass is 35.5. The minimum Gasteiger partial charge on any atom is -0.493 e. The number of ether oxygens (including phenoxy) is 2. The Labute approximate surface area is 211 Å². The fraction of sp³-hybridized carbons (Fsp3) is 0.440. The van der Waals surface area contributed by atoms with E-state index in [1.54, 1.807) is 0 Å². The van der Waals surface area contributed by atoms with E-state index in [9.17, 15) is 8.99 Å². The fourth-order valence-corrected chi connectivity index (χ4v) is 3.74. The van der Waals surface area contributed by atoms with E-state index < -0.39 is 6.10 Å². The minimum atomic E-state index is -0.837. The lowest BCUT2D eigenvalue weighted by atomic mass is 9.77. The summed E-state index contributed by atoms with van der Waals surface area (Å²) in [5, 5.41) is 11.4. The molecule has 0 aromatic heterocycles. The number of aliphatic hydroxyl groups is 1. The molecule has 0 aliphatic heterocycles. The van der Waals surface area contributed by atoms with Crippen LogP contribution in [0, 0.1) is 6.92 Å². The van der Waals surface area contributed by atoms with Gasteiger partial charge in [0.15, 0.2) is 0 Å². The van der Waals surface area contributed by atoms with Crippen molar-refractivity contribution in [3.8, 4) is 11.5 Å². The van der Waals surface area contributed by atoms with E-state index >= 15 is 0 Å². The van der Waals surface area contributed by atoms with Gasteiger partial charge in [-0.2, -0.15) is 3.89 Å². The summed E-state index contributed by atoms with van der Waals surface area (Å²) in [6.45, 7) is 7.16. The number of nitrogens with zero attached hydrogens (tertiary/aromatic N) is 1. The Balaban J connectivity index is 1.96. The van der Waals surface area contributed by atoms with Crippen molar-refractivity contribution in [2.45, 2.75) is 38.7 Å². The van der Waals surface area contributed by atoms with E-state index in [1.165, 1.54) is 16.8 Å². The molecule has 2 aromatic rings. The lowest BCUT2D eigenvalue weighted by Crippen LogP contribution is -2.37. The van der Waals surface area contributed by atoms with Gasteiger partial charge in [0.05, 0.1) is 31.1 Å². The summed E-state index contributed by atoms with van der Waals surface area (Å²) >= 11 is 5.84. The predicted molar refractivity (Wildman–Crippen MR) is 139 cm³/mol. The van der Waals surface area contributed by atoms with Crippen molar-refractivity contribution < 1.29 is 18.5 Å². The van der Waals surface area contributed by atoms with Crippen molar-refractivity contribution in [3.63, 3.8) is 0 Å². The van der Waals surface area contributed by atoms with Crippen LogP contribution in [0.5, 0.6) is 11.5 Å². The van der Waals surface area contributed by atoms with Crippen molar-refractivity contribution in [3.05, 3.63) is 71.1 Å². The Morgan fingerprint density at radius 2 is 1.88 bits per heavy atom. The highest BCUT2D eigenvalue weighted by molar-refractivity contribution is 7.94. The summed E-state index contributed by atoms with van der Waals surface area (Å²) in [7, 11) is 0. The van der Waals surface area contributed by atoms with Gasteiger partial charge in [0, 0.05) is 23.2 Å². The zero-order valence-corrected chi connectivity index (χ0v) is 21.5. The number of halogens is 2. The van der Waals surface area contributed by atoms with Crippen LogP contribution in [0.3, 0.4) is 0 Å². The molecule has 0 aliphatic rings. The number of rotatable bonds is 14. The Bertz CT molecular complexity index is 928. The summed E-state index contributed by atoms with van der Waals surface area (Å²) < 4.78 is 23.7. The zero-order chi connectivity index (χ0) is 25.1. The summed E-state index contributed by atoms with van der Waals surface area (Å²) in [4.78, 5) is 0. The van der Waals surface area contributed by atoms with E-state index in [4.69, 9.17) is 32.7 Å². The largest absolute Gasteiger partial charge is 0.493 e. The molecule has 9 heteroatoms. The Morgan fingerprint density at radius 3 is 2.50 bits per heavy atom. The molecule has 0 bridgehead atoms. The molecule has 2 aromatic carbocycles. The molecular weight excluding hydrogens is 477 g/mol. The number of nitrogens with two attached hydrogens (primary N) is 2. The first-order chi connectivity index (χ1) is 16.2. The fourth-order valence-electron chi connectivity index (χ4n) is 3.43. The highest BCUT2D eigenvalue weighted by Gasteiger charge is 2.24. The number of hydrogen-bond acceptors (Lipinski definition) is 7. The average Bonchev–Trinajstić information content (AvgIpc) is 2.79. The lowest BCUT2D eigenvalue weighted by molar-refractivity contribution is 0.0817. The number of hydrogen-bond donors (Lipinski definition) is 3. The molecule has 0 aliphatic carbocycles. The molecule has 0 spiro atoms. The van der Waals surface area contributed by atoms with Crippen molar-refractivity contribution >= 4 is 23.7 Å². The molecule has 5 N–H and O–H groups in total. The van der Waals surface area contributed by atoms with E-state index in [0.29, 0.717) is 18.2 Å². The van der Waals surface area contributed by atoms with Gasteiger partial charge in [0.25, 0.3) is 0 Å². The maximum Gasteiger partial charge on any atom is 0.122 e. The average molecular weight is 512 g/mol. The van der Waals surface area contributed by atoms with Crippen LogP contribution in [0.1, 0.15) is 37.0 Å². The Hall–Kier alpha value is -2.13. The standard InChI is InChI=1S/C25H35ClFN3O3S/c1-18-13-20(7-10-24(18)32-12-4-11-26)25(2,3)19-5-8-23(9-6-19)33-16-22(31)15-30(29)14-21(28)17-34-27/h5-10,13-14,22,31H,4,11-12,15-17,28-29H2,1-3H3/b21-14-. The van der Waals surface area contributed by atoms with Crippen LogP contribution in [0.2, 0.25) is 0 Å². The van der Waals surface area contributed by atoms with Gasteiger partial charge in [-0.25, -0.2) is 5.84 Å². The molecule has 1 atom stereocenters. The molecule has 0 saturated carbocycles. The summed E-state index contributed by atoms with van der Waals surface area (Å²) in [6.07, 6.45) is 1.37. The third-order valence-corrected chi connectivity index (χ3v) is 6.13. The number of aryl methyl sites for hydroxylation is 1. The van der Waals surface area contributed by atoms with Crippen LogP contribution in [0.15, 0.2) is 54.4 Å². The number of hydrazine groups is 1. The molecule has 0 fully saturated rings. The second-order valence-electron chi connectivity index (χ2n) is 8.64. The van der Waals surface area contributed by atoms with Gasteiger partial charge in [0.2, 0.25) is 0 Å². The molecule has 6 nitrogen and oxygen atoms in total. The Morgan fingerprint density at radius 1 is 1.21 bits per heavy atom. The summed E-state index contributed by atoms with van der Waals surface area (Å²) in [5.41, 5.74) is 9.08. The molecule has 0 amide bonds. The molecule has 0 saturated heterocycles. The molecule has 188 valence electrons. The van der Waals surface area contributed by atoms with Gasteiger partial charge in [-0.3, -0.25) is 0 Å². The first-order valence-corrected chi connectivity index (χ1v) is 12.5. The number of alkyl halides is 1. The second kappa shape index (κ2) is 13.7. The quantitative estimate of drug-likeness (QED) is 0.147. The molecule has 0 heterocycles. The number of aliphatic hydroxyl groups excluding tert-OH is 1. The maximum atomic E-state index is 12.2. The van der Waals surface area contributed by atoms with Crippen LogP contribution >= 0.6 is 23.7 Å². The van der Waals surface area contributed by atoms with Gasteiger partial charge >= 0.3 is 0 Å². The van der Waals surface area contributed by atoms with Crippen molar-refractivity contribution in [1.82, 2.24) is 5.01 Å². The van der Waals surface area contributed by atoms with Gasteiger partial charge in [-0.05, 0) is 48.2 Å². The van der Waals surface area contributed by atoms with E-state index in [2.05, 4.69) is 26.0 Å². The maximum absolute atomic E-state index is 12.2. The normalized spacial score (nSPS) is 13.0. The van der Waals surface area contributed by atoms with Gasteiger partial charge < -0.3 is 25.3 Å². The summed E-state index contributed by atoms with van der Waals surface area (Å²) in [6, 6.07) is 14.1. The summed E-state index contributed by atoms with van der Waals surface area (Å²) in [5.74, 6) is 7.89. The van der Waals surface area contributed by atoms with Crippen LogP contribution in [0.25, 0.3) is 0 Å². The molecule has 1 unspecified atom stereocenters. The van der Waals surface area contributed by atoms with Crippen molar-refractivity contribution in [2.75, 3.05) is 31.4 Å². The SMILES string of the molecule is Cc1cc(C(C)(C)c2ccc(OCC(O)CN(N)/C=C(\N)CSF)cc2)ccc1OCCCCl. The van der Waals surface area contributed by atoms with Crippen LogP contribution in [-0.4, -0.2) is 47.6 Å². The molecular formula is C25H35ClFN3O3S. The van der Waals surface area contributed by atoms with E-state index in [-0.39, 0.29) is 42.2 Å². The topological polar surface area (TPSA) is 94.0 Å². The van der Waals surface area contributed by atoms with Crippen LogP contribution in [-0.2, 0) is 5.41 Å². The molecule has 0 radical (unpaired) electrons. The monoisotopic (exact) mass is 511 g/mol. The van der Waals surface area contributed by atoms with Gasteiger partial charge in [-0.15, -0.1) is 11.6 Å². The van der Waals surface area contributed by atoms with Gasteiger partial charge in [0.1, 0.15) is 24.2 Å². The van der Waals surface area contributed by atoms with Crippen molar-refractivity contribution in [1.29, 1.82) is 0 Å². The molecule has 34 heavy (non-hydrogen) atoms. The minimum absolute atomic E-state index is 0.0229. The third kappa shape index (κ3) is 8.58. The van der Waals surface area contributed by atoms with Gasteiger partial charge in [-0.1, -0.05) is 38.1 Å².